The average molecular weight is 246 g/mol. The molecule has 0 bridgehead atoms. The van der Waals surface area contributed by atoms with Crippen molar-refractivity contribution in [2.75, 3.05) is 7.11 Å². The van der Waals surface area contributed by atoms with Crippen LogP contribution in [0.1, 0.15) is 37.7 Å². The molecular formula is C15H18O3. The van der Waals surface area contributed by atoms with Crippen molar-refractivity contribution in [3.8, 4) is 5.75 Å². The second kappa shape index (κ2) is 5.34. The lowest BCUT2D eigenvalue weighted by molar-refractivity contribution is -0.128. The third kappa shape index (κ3) is 2.17. The average Bonchev–Trinajstić information content (AvgIpc) is 2.42. The molecule has 0 spiro atoms. The van der Waals surface area contributed by atoms with E-state index >= 15 is 0 Å². The van der Waals surface area contributed by atoms with E-state index in [0.29, 0.717) is 6.42 Å². The van der Waals surface area contributed by atoms with Crippen LogP contribution in [0.5, 0.6) is 5.75 Å². The van der Waals surface area contributed by atoms with Crippen LogP contribution in [0.3, 0.4) is 0 Å². The zero-order chi connectivity index (χ0) is 13.0. The molecule has 1 fully saturated rings. The van der Waals surface area contributed by atoms with Crippen LogP contribution in [0.4, 0.5) is 0 Å². The zero-order valence-electron chi connectivity index (χ0n) is 10.6. The maximum Gasteiger partial charge on any atom is 0.143 e. The molecule has 0 radical (unpaired) electrons. The minimum Gasteiger partial charge on any atom is -0.497 e. The minimum absolute atomic E-state index is 0.189. The molecule has 0 N–H and O–H groups in total. The standard InChI is InChI=1S/C15H18O3/c1-18-13-6-4-5-12(11-13)15(9-10-16)8-3-2-7-14(15)17/h4-6,10-11H,2-3,7-9H2,1H3/t15-/m1/s1. The highest BCUT2D eigenvalue weighted by molar-refractivity contribution is 5.93. The van der Waals surface area contributed by atoms with Crippen molar-refractivity contribution in [2.24, 2.45) is 0 Å². The molecule has 0 amide bonds. The molecular weight excluding hydrogens is 228 g/mol. The van der Waals surface area contributed by atoms with Gasteiger partial charge in [-0.25, -0.2) is 0 Å². The summed E-state index contributed by atoms with van der Waals surface area (Å²) < 4.78 is 5.20. The normalized spacial score (nSPS) is 23.7. The maximum absolute atomic E-state index is 12.3. The van der Waals surface area contributed by atoms with E-state index in [1.807, 2.05) is 24.3 Å². The quantitative estimate of drug-likeness (QED) is 0.767. The van der Waals surface area contributed by atoms with E-state index in [1.165, 1.54) is 0 Å². The zero-order valence-corrected chi connectivity index (χ0v) is 10.6. The third-order valence-electron chi connectivity index (χ3n) is 3.85. The first kappa shape index (κ1) is 12.8. The van der Waals surface area contributed by atoms with Gasteiger partial charge in [-0.1, -0.05) is 18.6 Å². The second-order valence-electron chi connectivity index (χ2n) is 4.82. The Labute approximate surface area is 107 Å². The lowest BCUT2D eigenvalue weighted by Gasteiger charge is -2.35. The Morgan fingerprint density at radius 3 is 2.89 bits per heavy atom. The number of hydrogen-bond acceptors (Lipinski definition) is 3. The summed E-state index contributed by atoms with van der Waals surface area (Å²) in [4.78, 5) is 23.3. The topological polar surface area (TPSA) is 43.4 Å². The van der Waals surface area contributed by atoms with Crippen molar-refractivity contribution in [3.05, 3.63) is 29.8 Å². The predicted molar refractivity (Wildman–Crippen MR) is 68.8 cm³/mol. The fourth-order valence-electron chi connectivity index (χ4n) is 2.79. The Morgan fingerprint density at radius 1 is 1.39 bits per heavy atom. The van der Waals surface area contributed by atoms with Gasteiger partial charge in [0.25, 0.3) is 0 Å². The Kier molecular flexibility index (Phi) is 3.80. The van der Waals surface area contributed by atoms with E-state index in [-0.39, 0.29) is 12.2 Å². The summed E-state index contributed by atoms with van der Waals surface area (Å²) in [5.74, 6) is 0.922. The van der Waals surface area contributed by atoms with E-state index in [1.54, 1.807) is 7.11 Å². The van der Waals surface area contributed by atoms with Gasteiger partial charge in [-0.2, -0.15) is 0 Å². The van der Waals surface area contributed by atoms with Crippen LogP contribution in [-0.2, 0) is 15.0 Å². The van der Waals surface area contributed by atoms with E-state index in [0.717, 1.165) is 36.9 Å². The van der Waals surface area contributed by atoms with Crippen LogP contribution in [-0.4, -0.2) is 19.2 Å². The second-order valence-corrected chi connectivity index (χ2v) is 4.82. The van der Waals surface area contributed by atoms with Crippen molar-refractivity contribution in [1.29, 1.82) is 0 Å². The largest absolute Gasteiger partial charge is 0.497 e. The van der Waals surface area contributed by atoms with Gasteiger partial charge < -0.3 is 9.53 Å². The first-order valence-corrected chi connectivity index (χ1v) is 6.34. The molecule has 0 saturated heterocycles. The molecule has 1 aromatic rings. The van der Waals surface area contributed by atoms with Crippen LogP contribution in [0.25, 0.3) is 0 Å². The predicted octanol–water partition coefficient (Wildman–Crippen LogP) is 2.67. The molecule has 2 rings (SSSR count). The first-order valence-electron chi connectivity index (χ1n) is 6.34. The lowest BCUT2D eigenvalue weighted by Crippen LogP contribution is -2.39. The molecule has 96 valence electrons. The van der Waals surface area contributed by atoms with Crippen molar-refractivity contribution in [1.82, 2.24) is 0 Å². The Morgan fingerprint density at radius 2 is 2.22 bits per heavy atom. The SMILES string of the molecule is COc1cccc([C@]2(CC=O)CCCCC2=O)c1. The minimum atomic E-state index is -0.617. The molecule has 1 atom stereocenters. The highest BCUT2D eigenvalue weighted by atomic mass is 16.5. The van der Waals surface area contributed by atoms with Crippen molar-refractivity contribution < 1.29 is 14.3 Å². The number of rotatable bonds is 4. The monoisotopic (exact) mass is 246 g/mol. The number of carbonyl (C=O) groups excluding carboxylic acids is 2. The summed E-state index contributed by atoms with van der Waals surface area (Å²) in [5, 5.41) is 0. The van der Waals surface area contributed by atoms with Gasteiger partial charge >= 0.3 is 0 Å². The van der Waals surface area contributed by atoms with Crippen LogP contribution >= 0.6 is 0 Å². The number of Topliss-reactive ketones (excluding diaryl/α,β-unsaturated/α-hetero) is 1. The summed E-state index contributed by atoms with van der Waals surface area (Å²) in [7, 11) is 1.61. The first-order chi connectivity index (χ1) is 8.73. The molecule has 1 aliphatic carbocycles. The lowest BCUT2D eigenvalue weighted by atomic mass is 9.67. The van der Waals surface area contributed by atoms with E-state index in [9.17, 15) is 9.59 Å². The molecule has 0 heterocycles. The fraction of sp³-hybridized carbons (Fsp3) is 0.467. The summed E-state index contributed by atoms with van der Waals surface area (Å²) in [6, 6.07) is 7.54. The van der Waals surface area contributed by atoms with Gasteiger partial charge in [0.05, 0.1) is 12.5 Å². The summed E-state index contributed by atoms with van der Waals surface area (Å²) in [6.45, 7) is 0. The summed E-state index contributed by atoms with van der Waals surface area (Å²) in [6.07, 6.45) is 4.41. The molecule has 1 saturated carbocycles. The van der Waals surface area contributed by atoms with Crippen LogP contribution < -0.4 is 4.74 Å². The van der Waals surface area contributed by atoms with Gasteiger partial charge in [-0.3, -0.25) is 4.79 Å². The summed E-state index contributed by atoms with van der Waals surface area (Å²) in [5.41, 5.74) is 0.299. The van der Waals surface area contributed by atoms with Gasteiger partial charge in [-0.05, 0) is 30.5 Å². The van der Waals surface area contributed by atoms with Gasteiger partial charge in [0.1, 0.15) is 17.8 Å². The number of aldehydes is 1. The number of carbonyl (C=O) groups is 2. The molecule has 0 unspecified atom stereocenters. The van der Waals surface area contributed by atoms with Crippen molar-refractivity contribution >= 4 is 12.1 Å². The van der Waals surface area contributed by atoms with E-state index in [2.05, 4.69) is 0 Å². The Balaban J connectivity index is 2.44. The molecule has 0 aromatic heterocycles. The highest BCUT2D eigenvalue weighted by Crippen LogP contribution is 2.40. The summed E-state index contributed by atoms with van der Waals surface area (Å²) >= 11 is 0. The van der Waals surface area contributed by atoms with E-state index < -0.39 is 5.41 Å². The molecule has 1 aliphatic rings. The third-order valence-corrected chi connectivity index (χ3v) is 3.85. The number of benzene rings is 1. The molecule has 3 heteroatoms. The van der Waals surface area contributed by atoms with Crippen LogP contribution in [0, 0.1) is 0 Å². The Bertz CT molecular complexity index is 453. The number of ketones is 1. The molecule has 0 aliphatic heterocycles. The van der Waals surface area contributed by atoms with Crippen molar-refractivity contribution in [2.45, 2.75) is 37.5 Å². The smallest absolute Gasteiger partial charge is 0.143 e. The number of methoxy groups -OCH3 is 1. The van der Waals surface area contributed by atoms with Gasteiger partial charge in [-0.15, -0.1) is 0 Å². The van der Waals surface area contributed by atoms with Gasteiger partial charge in [0.15, 0.2) is 0 Å². The molecule has 3 nitrogen and oxygen atoms in total. The van der Waals surface area contributed by atoms with Crippen LogP contribution in [0.15, 0.2) is 24.3 Å². The number of ether oxygens (including phenoxy) is 1. The maximum atomic E-state index is 12.3. The van der Waals surface area contributed by atoms with E-state index in [4.69, 9.17) is 4.74 Å². The fourth-order valence-corrected chi connectivity index (χ4v) is 2.79. The van der Waals surface area contributed by atoms with Crippen LogP contribution in [0.2, 0.25) is 0 Å². The number of hydrogen-bond donors (Lipinski definition) is 0. The molecule has 1 aromatic carbocycles. The van der Waals surface area contributed by atoms with Gasteiger partial charge in [0, 0.05) is 12.8 Å². The van der Waals surface area contributed by atoms with Crippen molar-refractivity contribution in [3.63, 3.8) is 0 Å². The highest BCUT2D eigenvalue weighted by Gasteiger charge is 2.41. The Hall–Kier alpha value is -1.64. The van der Waals surface area contributed by atoms with Gasteiger partial charge in [0.2, 0.25) is 0 Å². The molecule has 18 heavy (non-hydrogen) atoms.